The van der Waals surface area contributed by atoms with Crippen LogP contribution in [0.5, 0.6) is 0 Å². The van der Waals surface area contributed by atoms with E-state index in [4.69, 9.17) is 20.6 Å². The van der Waals surface area contributed by atoms with E-state index in [-0.39, 0.29) is 5.82 Å². The van der Waals surface area contributed by atoms with Crippen LogP contribution in [0, 0.1) is 25.1 Å². The van der Waals surface area contributed by atoms with Crippen LogP contribution >= 0.6 is 0 Å². The summed E-state index contributed by atoms with van der Waals surface area (Å²) < 4.78 is 31.6. The van der Waals surface area contributed by atoms with Gasteiger partial charge in [0.05, 0.1) is 6.33 Å². The highest BCUT2D eigenvalue weighted by molar-refractivity contribution is 5.85. The van der Waals surface area contributed by atoms with Crippen molar-refractivity contribution < 1.29 is 28.2 Å². The van der Waals surface area contributed by atoms with Gasteiger partial charge in [0.1, 0.15) is 12.1 Å². The van der Waals surface area contributed by atoms with E-state index in [2.05, 4.69) is 26.2 Å². The van der Waals surface area contributed by atoms with Crippen molar-refractivity contribution in [3.05, 3.63) is 42.2 Å². The Kier molecular flexibility index (Phi) is 5.93. The number of fused-ring (bicyclic) bond motifs is 1. The number of carbonyl (C=O) groups excluding carboxylic acids is 2. The van der Waals surface area contributed by atoms with Crippen molar-refractivity contribution >= 4 is 34.6 Å². The first-order chi connectivity index (χ1) is 15.8. The molecule has 1 N–H and O–H groups in total. The molecular weight excluding hydrogens is 433 g/mol. The molecular formula is C22H20FN5O5. The van der Waals surface area contributed by atoms with Gasteiger partial charge in [0.2, 0.25) is 0 Å². The topological polar surface area (TPSA) is 117 Å². The summed E-state index contributed by atoms with van der Waals surface area (Å²) in [7, 11) is 0. The Balaban J connectivity index is 1.73. The molecule has 170 valence electrons. The summed E-state index contributed by atoms with van der Waals surface area (Å²) in [6.07, 6.45) is 4.36. The van der Waals surface area contributed by atoms with E-state index in [1.54, 1.807) is 13.0 Å². The molecule has 0 bridgehead atoms. The molecule has 0 saturated carbocycles. The second kappa shape index (κ2) is 8.84. The van der Waals surface area contributed by atoms with Gasteiger partial charge < -0.3 is 19.5 Å². The minimum absolute atomic E-state index is 0.351. The van der Waals surface area contributed by atoms with E-state index in [0.717, 1.165) is 0 Å². The Morgan fingerprint density at radius 3 is 2.58 bits per heavy atom. The number of aromatic nitrogens is 4. The van der Waals surface area contributed by atoms with Gasteiger partial charge in [0.25, 0.3) is 0 Å². The monoisotopic (exact) mass is 453 g/mol. The summed E-state index contributed by atoms with van der Waals surface area (Å²) in [6.45, 7) is 4.21. The smallest absolute Gasteiger partial charge is 0.303 e. The van der Waals surface area contributed by atoms with Crippen LogP contribution in [0.2, 0.25) is 0 Å². The molecule has 1 fully saturated rings. The first kappa shape index (κ1) is 22.2. The second-order valence-electron chi connectivity index (χ2n) is 7.39. The average Bonchev–Trinajstić information content (AvgIpc) is 3.31. The van der Waals surface area contributed by atoms with Gasteiger partial charge in [0, 0.05) is 19.5 Å². The number of imidazole rings is 1. The molecule has 1 aliphatic heterocycles. The van der Waals surface area contributed by atoms with Crippen LogP contribution in [-0.2, 0) is 23.8 Å². The zero-order valence-electron chi connectivity index (χ0n) is 18.0. The highest BCUT2D eigenvalue weighted by atomic mass is 19.1. The van der Waals surface area contributed by atoms with Crippen molar-refractivity contribution in [3.63, 3.8) is 0 Å². The quantitative estimate of drug-likeness (QED) is 0.459. The molecule has 3 aromatic rings. The predicted octanol–water partition coefficient (Wildman–Crippen LogP) is 2.41. The van der Waals surface area contributed by atoms with Crippen LogP contribution in [0.15, 0.2) is 30.9 Å². The van der Waals surface area contributed by atoms with Gasteiger partial charge in [-0.1, -0.05) is 5.92 Å². The van der Waals surface area contributed by atoms with Crippen LogP contribution in [-0.4, -0.2) is 49.8 Å². The minimum Gasteiger partial charge on any atom is -0.455 e. The number of halogens is 1. The van der Waals surface area contributed by atoms with Crippen LogP contribution < -0.4 is 5.32 Å². The number of ether oxygens (including phenoxy) is 3. The van der Waals surface area contributed by atoms with Crippen molar-refractivity contribution in [2.75, 3.05) is 5.32 Å². The zero-order chi connectivity index (χ0) is 23.7. The Morgan fingerprint density at radius 1 is 1.18 bits per heavy atom. The summed E-state index contributed by atoms with van der Waals surface area (Å²) >= 11 is 0. The number of hydrogen-bond donors (Lipinski definition) is 1. The van der Waals surface area contributed by atoms with Crippen LogP contribution in [0.3, 0.4) is 0 Å². The maximum absolute atomic E-state index is 13.4. The average molecular weight is 453 g/mol. The normalized spacial score (nSPS) is 22.0. The van der Waals surface area contributed by atoms with Gasteiger partial charge in [0.15, 0.2) is 41.5 Å². The number of hydrogen-bond acceptors (Lipinski definition) is 9. The number of anilines is 2. The third-order valence-corrected chi connectivity index (χ3v) is 5.03. The maximum atomic E-state index is 13.4. The largest absolute Gasteiger partial charge is 0.455 e. The van der Waals surface area contributed by atoms with Gasteiger partial charge in [-0.15, -0.1) is 6.42 Å². The lowest BCUT2D eigenvalue weighted by Crippen LogP contribution is -2.38. The number of terminal acetylenes is 1. The highest BCUT2D eigenvalue weighted by Crippen LogP contribution is 2.36. The summed E-state index contributed by atoms with van der Waals surface area (Å²) in [5, 5.41) is 3.12. The van der Waals surface area contributed by atoms with Crippen molar-refractivity contribution in [3.8, 4) is 12.3 Å². The summed E-state index contributed by atoms with van der Waals surface area (Å²) in [5.41, 5.74) is 2.06. The standard InChI is InChI=1S/C22H20FN5O5/c1-5-16-18(31-12(3)29)19(32-13(4)30)22(33-16)28-10-26-17-20(24-9-25-21(17)28)27-15-7-6-14(23)8-11(15)2/h1,6-10,16,18-19,22H,2-4H3,(H,24,25,27)/t16-,18+,19-,22-/m1/s1. The minimum atomic E-state index is -1.03. The van der Waals surface area contributed by atoms with Crippen LogP contribution in [0.25, 0.3) is 11.2 Å². The molecule has 4 atom stereocenters. The summed E-state index contributed by atoms with van der Waals surface area (Å²) in [4.78, 5) is 36.3. The molecule has 4 rings (SSSR count). The Hall–Kier alpha value is -4.04. The van der Waals surface area contributed by atoms with Gasteiger partial charge in [-0.25, -0.2) is 19.3 Å². The van der Waals surface area contributed by atoms with Gasteiger partial charge in [-0.3, -0.25) is 14.2 Å². The molecule has 0 unspecified atom stereocenters. The van der Waals surface area contributed by atoms with Crippen LogP contribution in [0.4, 0.5) is 15.9 Å². The molecule has 10 nitrogen and oxygen atoms in total. The Morgan fingerprint density at radius 2 is 1.91 bits per heavy atom. The Bertz CT molecular complexity index is 1270. The number of carbonyl (C=O) groups is 2. The molecule has 11 heteroatoms. The fraction of sp³-hybridized carbons (Fsp3) is 0.318. The molecule has 0 spiro atoms. The molecule has 1 saturated heterocycles. The number of rotatable bonds is 5. The number of nitrogens with zero attached hydrogens (tertiary/aromatic N) is 4. The first-order valence-electron chi connectivity index (χ1n) is 9.95. The van der Waals surface area contributed by atoms with Gasteiger partial charge in [-0.2, -0.15) is 0 Å². The van der Waals surface area contributed by atoms with E-state index in [0.29, 0.717) is 28.2 Å². The number of esters is 2. The zero-order valence-corrected chi connectivity index (χ0v) is 18.0. The molecule has 1 aliphatic rings. The Labute approximate surface area is 188 Å². The molecule has 0 aliphatic carbocycles. The van der Waals surface area contributed by atoms with E-state index in [1.165, 1.54) is 43.2 Å². The van der Waals surface area contributed by atoms with E-state index in [1.807, 2.05) is 0 Å². The van der Waals surface area contributed by atoms with Crippen molar-refractivity contribution in [2.45, 2.75) is 45.3 Å². The second-order valence-corrected chi connectivity index (χ2v) is 7.39. The third kappa shape index (κ3) is 4.33. The molecule has 33 heavy (non-hydrogen) atoms. The lowest BCUT2D eigenvalue weighted by molar-refractivity contribution is -0.165. The number of benzene rings is 1. The van der Waals surface area contributed by atoms with Gasteiger partial charge >= 0.3 is 11.9 Å². The molecule has 2 aromatic heterocycles. The lowest BCUT2D eigenvalue weighted by atomic mass is 10.1. The summed E-state index contributed by atoms with van der Waals surface area (Å²) in [5.74, 6) is 1.24. The van der Waals surface area contributed by atoms with Crippen molar-refractivity contribution in [1.82, 2.24) is 19.5 Å². The third-order valence-electron chi connectivity index (χ3n) is 5.03. The molecule has 1 aromatic carbocycles. The van der Waals surface area contributed by atoms with Crippen molar-refractivity contribution in [2.24, 2.45) is 0 Å². The molecule has 0 amide bonds. The maximum Gasteiger partial charge on any atom is 0.303 e. The van der Waals surface area contributed by atoms with Gasteiger partial charge in [-0.05, 0) is 30.7 Å². The molecule has 0 radical (unpaired) electrons. The van der Waals surface area contributed by atoms with Crippen LogP contribution in [0.1, 0.15) is 25.6 Å². The van der Waals surface area contributed by atoms with E-state index < -0.39 is 36.5 Å². The number of nitrogens with one attached hydrogen (secondary N) is 1. The number of aryl methyl sites for hydroxylation is 1. The molecule has 3 heterocycles. The van der Waals surface area contributed by atoms with E-state index in [9.17, 15) is 14.0 Å². The predicted molar refractivity (Wildman–Crippen MR) is 114 cm³/mol. The van der Waals surface area contributed by atoms with Crippen molar-refractivity contribution in [1.29, 1.82) is 0 Å². The highest BCUT2D eigenvalue weighted by Gasteiger charge is 2.50. The SMILES string of the molecule is C#C[C@H]1O[C@@H](n2cnc3c(Nc4ccc(F)cc4C)ncnc32)[C@H](OC(C)=O)[C@H]1OC(C)=O. The summed E-state index contributed by atoms with van der Waals surface area (Å²) in [6, 6.07) is 4.32. The fourth-order valence-corrected chi connectivity index (χ4v) is 3.66. The first-order valence-corrected chi connectivity index (χ1v) is 9.95. The fourth-order valence-electron chi connectivity index (χ4n) is 3.66. The lowest BCUT2D eigenvalue weighted by Gasteiger charge is -2.23. The van der Waals surface area contributed by atoms with E-state index >= 15 is 0 Å².